The Kier molecular flexibility index (Phi) is 4.58. The smallest absolute Gasteiger partial charge is 0.133 e. The van der Waals surface area contributed by atoms with Crippen LogP contribution in [0.2, 0.25) is 0 Å². The summed E-state index contributed by atoms with van der Waals surface area (Å²) >= 11 is 2.38. The first-order chi connectivity index (χ1) is 9.83. The molecule has 20 heavy (non-hydrogen) atoms. The second-order valence-electron chi connectivity index (χ2n) is 5.08. The Bertz CT molecular complexity index is 583. The van der Waals surface area contributed by atoms with Crippen LogP contribution < -0.4 is 10.1 Å². The first-order valence-electron chi connectivity index (χ1n) is 7.01. The molecule has 1 aliphatic heterocycles. The molecule has 0 saturated carbocycles. The lowest BCUT2D eigenvalue weighted by Crippen LogP contribution is -2.16. The number of halogens is 1. The average Bonchev–Trinajstić information content (AvgIpc) is 2.70. The molecule has 0 unspecified atom stereocenters. The van der Waals surface area contributed by atoms with E-state index in [4.69, 9.17) is 4.74 Å². The summed E-state index contributed by atoms with van der Waals surface area (Å²) in [5.41, 5.74) is 4.10. The topological polar surface area (TPSA) is 21.3 Å². The minimum atomic E-state index is 0.633. The lowest BCUT2D eigenvalue weighted by Gasteiger charge is -2.13. The molecule has 0 spiro atoms. The van der Waals surface area contributed by atoms with Crippen LogP contribution in [0, 0.1) is 3.57 Å². The van der Waals surface area contributed by atoms with E-state index in [1.807, 2.05) is 18.2 Å². The molecular weight excluding hydrogens is 361 g/mol. The molecule has 0 aromatic heterocycles. The van der Waals surface area contributed by atoms with Crippen LogP contribution in [0.25, 0.3) is 0 Å². The van der Waals surface area contributed by atoms with E-state index in [2.05, 4.69) is 52.2 Å². The molecule has 0 fully saturated rings. The Morgan fingerprint density at radius 1 is 1.00 bits per heavy atom. The highest BCUT2D eigenvalue weighted by atomic mass is 127. The molecular formula is C17H18INO. The molecule has 104 valence electrons. The molecule has 2 aromatic carbocycles. The first-order valence-corrected chi connectivity index (χ1v) is 8.09. The highest BCUT2D eigenvalue weighted by Gasteiger charge is 2.12. The van der Waals surface area contributed by atoms with Gasteiger partial charge in [-0.05, 0) is 77.3 Å². The fraction of sp³-hybridized carbons (Fsp3) is 0.294. The van der Waals surface area contributed by atoms with Crippen molar-refractivity contribution in [2.75, 3.05) is 13.1 Å². The molecule has 0 saturated heterocycles. The van der Waals surface area contributed by atoms with Crippen LogP contribution in [-0.2, 0) is 19.4 Å². The van der Waals surface area contributed by atoms with E-state index >= 15 is 0 Å². The van der Waals surface area contributed by atoms with Gasteiger partial charge in [-0.15, -0.1) is 0 Å². The Morgan fingerprint density at radius 3 is 2.45 bits per heavy atom. The molecule has 1 aliphatic rings. The van der Waals surface area contributed by atoms with Crippen LogP contribution in [0.3, 0.4) is 0 Å². The molecule has 2 nitrogen and oxygen atoms in total. The van der Waals surface area contributed by atoms with Gasteiger partial charge in [0.2, 0.25) is 0 Å². The summed E-state index contributed by atoms with van der Waals surface area (Å²) in [5.74, 6) is 1.01. The fourth-order valence-electron chi connectivity index (χ4n) is 2.52. The van der Waals surface area contributed by atoms with Gasteiger partial charge in [-0.1, -0.05) is 30.3 Å². The number of hydrogen-bond donors (Lipinski definition) is 1. The van der Waals surface area contributed by atoms with Gasteiger partial charge in [-0.2, -0.15) is 0 Å². The SMILES string of the molecule is Ic1cc2c(cc1OCc1ccccc1)CCNCC2. The Labute approximate surface area is 133 Å². The van der Waals surface area contributed by atoms with Gasteiger partial charge in [0.05, 0.1) is 3.57 Å². The molecule has 0 radical (unpaired) electrons. The van der Waals surface area contributed by atoms with Gasteiger partial charge in [0.15, 0.2) is 0 Å². The molecule has 3 rings (SSSR count). The third-order valence-electron chi connectivity index (χ3n) is 3.63. The zero-order valence-corrected chi connectivity index (χ0v) is 13.5. The van der Waals surface area contributed by atoms with Gasteiger partial charge in [0.1, 0.15) is 12.4 Å². The van der Waals surface area contributed by atoms with Crippen LogP contribution in [0.15, 0.2) is 42.5 Å². The van der Waals surface area contributed by atoms with Crippen LogP contribution in [0.1, 0.15) is 16.7 Å². The van der Waals surface area contributed by atoms with Crippen molar-refractivity contribution in [1.82, 2.24) is 5.32 Å². The molecule has 3 heteroatoms. The zero-order chi connectivity index (χ0) is 13.8. The maximum absolute atomic E-state index is 6.00. The van der Waals surface area contributed by atoms with Gasteiger partial charge < -0.3 is 10.1 Å². The largest absolute Gasteiger partial charge is 0.488 e. The van der Waals surface area contributed by atoms with Crippen molar-refractivity contribution in [2.24, 2.45) is 0 Å². The second kappa shape index (κ2) is 6.59. The minimum absolute atomic E-state index is 0.633. The Hall–Kier alpha value is -1.07. The Morgan fingerprint density at radius 2 is 1.70 bits per heavy atom. The lowest BCUT2D eigenvalue weighted by molar-refractivity contribution is 0.303. The maximum Gasteiger partial charge on any atom is 0.133 e. The van der Waals surface area contributed by atoms with Crippen molar-refractivity contribution >= 4 is 22.6 Å². The number of fused-ring (bicyclic) bond motifs is 1. The second-order valence-corrected chi connectivity index (χ2v) is 6.24. The van der Waals surface area contributed by atoms with E-state index in [0.717, 1.165) is 31.7 Å². The van der Waals surface area contributed by atoms with E-state index < -0.39 is 0 Å². The van der Waals surface area contributed by atoms with E-state index in [0.29, 0.717) is 6.61 Å². The van der Waals surface area contributed by atoms with Crippen LogP contribution >= 0.6 is 22.6 Å². The predicted octanol–water partition coefficient (Wildman–Crippen LogP) is 3.56. The molecule has 1 N–H and O–H groups in total. The summed E-state index contributed by atoms with van der Waals surface area (Å²) < 4.78 is 7.21. The maximum atomic E-state index is 6.00. The molecule has 0 aliphatic carbocycles. The van der Waals surface area contributed by atoms with Crippen molar-refractivity contribution in [1.29, 1.82) is 0 Å². The summed E-state index contributed by atoms with van der Waals surface area (Å²) in [7, 11) is 0. The summed E-state index contributed by atoms with van der Waals surface area (Å²) in [4.78, 5) is 0. The van der Waals surface area contributed by atoms with Gasteiger partial charge >= 0.3 is 0 Å². The third kappa shape index (κ3) is 3.33. The van der Waals surface area contributed by atoms with E-state index in [1.54, 1.807) is 0 Å². The van der Waals surface area contributed by atoms with Gasteiger partial charge in [-0.3, -0.25) is 0 Å². The van der Waals surface area contributed by atoms with Gasteiger partial charge in [0.25, 0.3) is 0 Å². The molecule has 2 aromatic rings. The highest BCUT2D eigenvalue weighted by Crippen LogP contribution is 2.27. The van der Waals surface area contributed by atoms with Crippen molar-refractivity contribution < 1.29 is 4.74 Å². The van der Waals surface area contributed by atoms with Crippen LogP contribution in [0.4, 0.5) is 0 Å². The number of benzene rings is 2. The van der Waals surface area contributed by atoms with Crippen LogP contribution in [-0.4, -0.2) is 13.1 Å². The quantitative estimate of drug-likeness (QED) is 0.824. The summed E-state index contributed by atoms with van der Waals surface area (Å²) in [6, 6.07) is 14.8. The number of nitrogens with one attached hydrogen (secondary N) is 1. The van der Waals surface area contributed by atoms with Crippen molar-refractivity contribution in [3.05, 3.63) is 62.7 Å². The standard InChI is InChI=1S/C17H18INO/c18-16-10-14-6-8-19-9-7-15(14)11-17(16)20-12-13-4-2-1-3-5-13/h1-5,10-11,19H,6-9,12H2. The lowest BCUT2D eigenvalue weighted by atomic mass is 10.0. The summed E-state index contributed by atoms with van der Waals surface area (Å²) in [6.45, 7) is 2.77. The van der Waals surface area contributed by atoms with E-state index in [9.17, 15) is 0 Å². The number of hydrogen-bond acceptors (Lipinski definition) is 2. The Balaban J connectivity index is 1.78. The molecule has 0 bridgehead atoms. The first kappa shape index (κ1) is 13.9. The number of ether oxygens (including phenoxy) is 1. The minimum Gasteiger partial charge on any atom is -0.488 e. The van der Waals surface area contributed by atoms with Gasteiger partial charge in [-0.25, -0.2) is 0 Å². The molecule has 0 amide bonds. The average molecular weight is 379 g/mol. The van der Waals surface area contributed by atoms with Crippen molar-refractivity contribution in [2.45, 2.75) is 19.4 Å². The highest BCUT2D eigenvalue weighted by molar-refractivity contribution is 14.1. The van der Waals surface area contributed by atoms with Crippen molar-refractivity contribution in [3.63, 3.8) is 0 Å². The van der Waals surface area contributed by atoms with Crippen LogP contribution in [0.5, 0.6) is 5.75 Å². The zero-order valence-electron chi connectivity index (χ0n) is 11.4. The summed E-state index contributed by atoms with van der Waals surface area (Å²) in [6.07, 6.45) is 2.21. The molecule has 1 heterocycles. The van der Waals surface area contributed by atoms with Gasteiger partial charge in [0, 0.05) is 0 Å². The summed E-state index contributed by atoms with van der Waals surface area (Å²) in [5, 5.41) is 3.45. The van der Waals surface area contributed by atoms with E-state index in [1.165, 1.54) is 20.3 Å². The van der Waals surface area contributed by atoms with Crippen molar-refractivity contribution in [3.8, 4) is 5.75 Å². The molecule has 0 atom stereocenters. The predicted molar refractivity (Wildman–Crippen MR) is 90.2 cm³/mol. The normalized spacial score (nSPS) is 14.4. The number of rotatable bonds is 3. The van der Waals surface area contributed by atoms with E-state index in [-0.39, 0.29) is 0 Å². The monoisotopic (exact) mass is 379 g/mol. The third-order valence-corrected chi connectivity index (χ3v) is 4.48. The fourth-order valence-corrected chi connectivity index (χ4v) is 3.21.